The first kappa shape index (κ1) is 16.0. The van der Waals surface area contributed by atoms with Gasteiger partial charge in [0.2, 0.25) is 0 Å². The van der Waals surface area contributed by atoms with E-state index in [9.17, 15) is 4.79 Å². The van der Waals surface area contributed by atoms with E-state index in [2.05, 4.69) is 38.4 Å². The van der Waals surface area contributed by atoms with Gasteiger partial charge < -0.3 is 4.74 Å². The Kier molecular flexibility index (Phi) is 5.00. The second kappa shape index (κ2) is 6.58. The molecular weight excluding hydrogens is 352 g/mol. The molecule has 0 bridgehead atoms. The Labute approximate surface area is 136 Å². The van der Waals surface area contributed by atoms with E-state index in [-0.39, 0.29) is 0 Å². The van der Waals surface area contributed by atoms with Gasteiger partial charge in [0.15, 0.2) is 5.13 Å². The first-order valence-electron chi connectivity index (χ1n) is 6.51. The molecule has 1 N–H and O–H groups in total. The maximum absolute atomic E-state index is 11.7. The molecule has 1 amide bonds. The van der Waals surface area contributed by atoms with Gasteiger partial charge in [-0.05, 0) is 38.5 Å². The lowest BCUT2D eigenvalue weighted by atomic mass is 10.1. The lowest BCUT2D eigenvalue weighted by Crippen LogP contribution is -2.27. The van der Waals surface area contributed by atoms with Gasteiger partial charge in [0.05, 0.1) is 0 Å². The number of nitrogens with one attached hydrogen (secondary N) is 1. The number of aromatic nitrogens is 1. The molecule has 0 aliphatic heterocycles. The van der Waals surface area contributed by atoms with Crippen molar-refractivity contribution < 1.29 is 9.53 Å². The number of carbonyl (C=O) groups is 1. The molecule has 0 fully saturated rings. The fourth-order valence-electron chi connectivity index (χ4n) is 1.69. The number of benzene rings is 1. The van der Waals surface area contributed by atoms with E-state index in [4.69, 9.17) is 4.74 Å². The summed E-state index contributed by atoms with van der Waals surface area (Å²) in [6.07, 6.45) is 2.08. The highest BCUT2D eigenvalue weighted by molar-refractivity contribution is 9.10. The van der Waals surface area contributed by atoms with E-state index in [0.717, 1.165) is 15.8 Å². The van der Waals surface area contributed by atoms with Crippen molar-refractivity contribution in [1.29, 1.82) is 0 Å². The minimum absolute atomic E-state index is 0.481. The fraction of sp³-hybridized carbons (Fsp3) is 0.333. The molecule has 0 unspecified atom stereocenters. The summed E-state index contributed by atoms with van der Waals surface area (Å²) in [5, 5.41) is 3.20. The van der Waals surface area contributed by atoms with E-state index < -0.39 is 11.7 Å². The monoisotopic (exact) mass is 368 g/mol. The number of carbonyl (C=O) groups excluding carboxylic acids is 1. The van der Waals surface area contributed by atoms with Crippen LogP contribution in [-0.4, -0.2) is 16.7 Å². The number of hydrogen-bond acceptors (Lipinski definition) is 4. The Morgan fingerprint density at radius 2 is 2.19 bits per heavy atom. The Morgan fingerprint density at radius 1 is 1.43 bits per heavy atom. The molecule has 112 valence electrons. The van der Waals surface area contributed by atoms with Crippen LogP contribution in [0.15, 0.2) is 34.9 Å². The molecule has 2 aromatic rings. The third kappa shape index (κ3) is 5.47. The molecule has 0 spiro atoms. The first-order valence-corrected chi connectivity index (χ1v) is 8.12. The summed E-state index contributed by atoms with van der Waals surface area (Å²) in [7, 11) is 0. The van der Waals surface area contributed by atoms with Crippen LogP contribution < -0.4 is 5.32 Å². The molecule has 0 aliphatic rings. The van der Waals surface area contributed by atoms with Crippen molar-refractivity contribution in [3.63, 3.8) is 0 Å². The van der Waals surface area contributed by atoms with Crippen LogP contribution in [0.25, 0.3) is 0 Å². The number of ether oxygens (including phenoxy) is 1. The van der Waals surface area contributed by atoms with Crippen molar-refractivity contribution in [2.24, 2.45) is 0 Å². The molecule has 2 rings (SSSR count). The third-order valence-corrected chi connectivity index (χ3v) is 3.83. The van der Waals surface area contributed by atoms with E-state index in [0.29, 0.717) is 5.13 Å². The molecule has 0 saturated carbocycles. The molecule has 6 heteroatoms. The number of thiazole rings is 1. The van der Waals surface area contributed by atoms with Gasteiger partial charge in [0.1, 0.15) is 5.60 Å². The van der Waals surface area contributed by atoms with Crippen molar-refractivity contribution in [3.8, 4) is 0 Å². The molecular formula is C15H17BrN2O2S. The zero-order valence-electron chi connectivity index (χ0n) is 12.1. The Bertz CT molecular complexity index is 635. The lowest BCUT2D eigenvalue weighted by molar-refractivity contribution is 0.0636. The summed E-state index contributed by atoms with van der Waals surface area (Å²) in [6.45, 7) is 5.48. The molecule has 1 aromatic carbocycles. The van der Waals surface area contributed by atoms with Crippen LogP contribution in [-0.2, 0) is 11.2 Å². The van der Waals surface area contributed by atoms with Crippen molar-refractivity contribution in [1.82, 2.24) is 4.98 Å². The van der Waals surface area contributed by atoms with Crippen LogP contribution in [0.1, 0.15) is 31.2 Å². The SMILES string of the molecule is CC(C)(C)OC(=O)Nc1ncc(Cc2cccc(Br)c2)s1. The van der Waals surface area contributed by atoms with Gasteiger partial charge in [0, 0.05) is 22.0 Å². The number of nitrogens with zero attached hydrogens (tertiary/aromatic N) is 1. The Morgan fingerprint density at radius 3 is 2.86 bits per heavy atom. The molecule has 0 radical (unpaired) electrons. The molecule has 1 aromatic heterocycles. The van der Waals surface area contributed by atoms with Gasteiger partial charge in [-0.25, -0.2) is 9.78 Å². The maximum Gasteiger partial charge on any atom is 0.413 e. The van der Waals surface area contributed by atoms with Crippen LogP contribution in [0.5, 0.6) is 0 Å². The van der Waals surface area contributed by atoms with Gasteiger partial charge in [0.25, 0.3) is 0 Å². The number of amides is 1. The summed E-state index contributed by atoms with van der Waals surface area (Å²) in [4.78, 5) is 16.9. The summed E-state index contributed by atoms with van der Waals surface area (Å²) in [5.41, 5.74) is 0.678. The highest BCUT2D eigenvalue weighted by atomic mass is 79.9. The third-order valence-electron chi connectivity index (χ3n) is 2.43. The molecule has 0 atom stereocenters. The van der Waals surface area contributed by atoms with Gasteiger partial charge in [-0.15, -0.1) is 11.3 Å². The second-order valence-electron chi connectivity index (χ2n) is 5.57. The van der Waals surface area contributed by atoms with Gasteiger partial charge in [-0.2, -0.15) is 0 Å². The van der Waals surface area contributed by atoms with Crippen LogP contribution in [0.3, 0.4) is 0 Å². The molecule has 4 nitrogen and oxygen atoms in total. The zero-order valence-corrected chi connectivity index (χ0v) is 14.5. The van der Waals surface area contributed by atoms with Gasteiger partial charge >= 0.3 is 6.09 Å². The van der Waals surface area contributed by atoms with E-state index in [1.165, 1.54) is 16.9 Å². The maximum atomic E-state index is 11.7. The van der Waals surface area contributed by atoms with E-state index in [1.54, 1.807) is 6.20 Å². The van der Waals surface area contributed by atoms with Crippen LogP contribution in [0.4, 0.5) is 9.93 Å². The standard InChI is InChI=1S/C15H17BrN2O2S/c1-15(2,3)20-14(19)18-13-17-9-12(21-13)8-10-5-4-6-11(16)7-10/h4-7,9H,8H2,1-3H3,(H,17,18,19). The predicted octanol–water partition coefficient (Wildman–Crippen LogP) is 4.84. The summed E-state index contributed by atoms with van der Waals surface area (Å²) < 4.78 is 6.25. The first-order chi connectivity index (χ1) is 9.82. The normalized spacial score (nSPS) is 11.2. The van der Waals surface area contributed by atoms with E-state index in [1.807, 2.05) is 32.9 Å². The van der Waals surface area contributed by atoms with Crippen molar-refractivity contribution in [2.75, 3.05) is 5.32 Å². The molecule has 1 heterocycles. The van der Waals surface area contributed by atoms with E-state index >= 15 is 0 Å². The summed E-state index contributed by atoms with van der Waals surface area (Å²) in [5.74, 6) is 0. The highest BCUT2D eigenvalue weighted by Crippen LogP contribution is 2.23. The minimum atomic E-state index is -0.513. The Hall–Kier alpha value is -1.40. The van der Waals surface area contributed by atoms with Crippen molar-refractivity contribution in [3.05, 3.63) is 45.4 Å². The minimum Gasteiger partial charge on any atom is -0.444 e. The number of rotatable bonds is 3. The zero-order chi connectivity index (χ0) is 15.5. The molecule has 0 aliphatic carbocycles. The average molecular weight is 369 g/mol. The second-order valence-corrected chi connectivity index (χ2v) is 7.60. The van der Waals surface area contributed by atoms with Gasteiger partial charge in [-0.3, -0.25) is 5.32 Å². The number of hydrogen-bond donors (Lipinski definition) is 1. The van der Waals surface area contributed by atoms with Crippen molar-refractivity contribution >= 4 is 38.5 Å². The molecule has 0 saturated heterocycles. The summed E-state index contributed by atoms with van der Waals surface area (Å²) >= 11 is 4.91. The van der Waals surface area contributed by atoms with Crippen molar-refractivity contribution in [2.45, 2.75) is 32.8 Å². The van der Waals surface area contributed by atoms with Gasteiger partial charge in [-0.1, -0.05) is 28.1 Å². The Balaban J connectivity index is 1.97. The topological polar surface area (TPSA) is 51.2 Å². The smallest absolute Gasteiger partial charge is 0.413 e. The largest absolute Gasteiger partial charge is 0.444 e. The van der Waals surface area contributed by atoms with Crippen LogP contribution in [0, 0.1) is 0 Å². The van der Waals surface area contributed by atoms with Crippen LogP contribution >= 0.6 is 27.3 Å². The average Bonchev–Trinajstić information content (AvgIpc) is 2.73. The summed E-state index contributed by atoms with van der Waals surface area (Å²) in [6, 6.07) is 8.12. The predicted molar refractivity (Wildman–Crippen MR) is 88.9 cm³/mol. The highest BCUT2D eigenvalue weighted by Gasteiger charge is 2.17. The fourth-order valence-corrected chi connectivity index (χ4v) is 2.97. The van der Waals surface area contributed by atoms with Crippen LogP contribution in [0.2, 0.25) is 0 Å². The quantitative estimate of drug-likeness (QED) is 0.842. The number of halogens is 1. The lowest BCUT2D eigenvalue weighted by Gasteiger charge is -2.18. The molecule has 21 heavy (non-hydrogen) atoms. The number of anilines is 1.